The summed E-state index contributed by atoms with van der Waals surface area (Å²) < 4.78 is 27.0. The summed E-state index contributed by atoms with van der Waals surface area (Å²) in [6.45, 7) is 0.0122. The molecule has 9 nitrogen and oxygen atoms in total. The van der Waals surface area contributed by atoms with E-state index in [1.807, 2.05) is 0 Å². The Balaban J connectivity index is 1.92. The highest BCUT2D eigenvalue weighted by Gasteiger charge is 2.47. The maximum absolute atomic E-state index is 13.2. The van der Waals surface area contributed by atoms with E-state index in [0.717, 1.165) is 0 Å². The molecule has 1 aliphatic heterocycles. The summed E-state index contributed by atoms with van der Waals surface area (Å²) in [5, 5.41) is 11.2. The van der Waals surface area contributed by atoms with E-state index in [4.69, 9.17) is 23.4 Å². The number of furan rings is 1. The molecule has 1 atom stereocenters. The Hall–Kier alpha value is -4.40. The van der Waals surface area contributed by atoms with Crippen LogP contribution in [0.15, 0.2) is 64.8 Å². The number of methoxy groups -OCH3 is 4. The SMILES string of the molecule is COc1ccc(C(O)=C2C(=O)C(=O)N(Cc3ccco3)C2c2cc(OC)c(OC)c(OC)c2)cc1. The van der Waals surface area contributed by atoms with Crippen molar-refractivity contribution in [2.75, 3.05) is 28.4 Å². The van der Waals surface area contributed by atoms with Crippen molar-refractivity contribution >= 4 is 17.4 Å². The normalized spacial score (nSPS) is 16.9. The van der Waals surface area contributed by atoms with Crippen molar-refractivity contribution in [1.82, 2.24) is 4.90 Å². The molecule has 35 heavy (non-hydrogen) atoms. The van der Waals surface area contributed by atoms with Crippen molar-refractivity contribution in [2.45, 2.75) is 12.6 Å². The monoisotopic (exact) mass is 479 g/mol. The van der Waals surface area contributed by atoms with E-state index in [-0.39, 0.29) is 17.9 Å². The lowest BCUT2D eigenvalue weighted by Crippen LogP contribution is -2.29. The van der Waals surface area contributed by atoms with Crippen molar-refractivity contribution in [1.29, 1.82) is 0 Å². The number of carbonyl (C=O) groups is 2. The minimum Gasteiger partial charge on any atom is -0.507 e. The number of carbonyl (C=O) groups excluding carboxylic acids is 2. The number of Topliss-reactive ketones (excluding diaryl/α,β-unsaturated/α-hetero) is 1. The number of benzene rings is 2. The summed E-state index contributed by atoms with van der Waals surface area (Å²) in [6, 6.07) is 12.3. The van der Waals surface area contributed by atoms with Crippen molar-refractivity contribution in [3.05, 3.63) is 77.3 Å². The highest BCUT2D eigenvalue weighted by Crippen LogP contribution is 2.46. The summed E-state index contributed by atoms with van der Waals surface area (Å²) in [5.74, 6) is 0.210. The van der Waals surface area contributed by atoms with E-state index in [1.54, 1.807) is 48.5 Å². The second-order valence-electron chi connectivity index (χ2n) is 7.69. The summed E-state index contributed by atoms with van der Waals surface area (Å²) in [4.78, 5) is 27.8. The Morgan fingerprint density at radius 2 is 1.60 bits per heavy atom. The predicted molar refractivity (Wildman–Crippen MR) is 126 cm³/mol. The first kappa shape index (κ1) is 23.7. The van der Waals surface area contributed by atoms with Crippen LogP contribution in [0.1, 0.15) is 22.9 Å². The fourth-order valence-electron chi connectivity index (χ4n) is 4.12. The Morgan fingerprint density at radius 3 is 2.11 bits per heavy atom. The molecule has 2 aromatic carbocycles. The van der Waals surface area contributed by atoms with E-state index < -0.39 is 17.7 Å². The van der Waals surface area contributed by atoms with Crippen LogP contribution in [-0.2, 0) is 16.1 Å². The van der Waals surface area contributed by atoms with Gasteiger partial charge in [0.1, 0.15) is 17.3 Å². The molecule has 0 spiro atoms. The molecule has 0 radical (unpaired) electrons. The zero-order valence-electron chi connectivity index (χ0n) is 19.7. The molecule has 1 amide bonds. The Bertz CT molecular complexity index is 1240. The summed E-state index contributed by atoms with van der Waals surface area (Å²) >= 11 is 0. The highest BCUT2D eigenvalue weighted by molar-refractivity contribution is 6.46. The second kappa shape index (κ2) is 9.84. The first-order valence-electron chi connectivity index (χ1n) is 10.7. The van der Waals surface area contributed by atoms with Crippen molar-refractivity contribution < 1.29 is 38.1 Å². The zero-order valence-corrected chi connectivity index (χ0v) is 19.7. The minimum absolute atomic E-state index is 0.0122. The van der Waals surface area contributed by atoms with Gasteiger partial charge in [-0.2, -0.15) is 0 Å². The lowest BCUT2D eigenvalue weighted by atomic mass is 9.94. The fourth-order valence-corrected chi connectivity index (χ4v) is 4.12. The maximum Gasteiger partial charge on any atom is 0.296 e. The van der Waals surface area contributed by atoms with Gasteiger partial charge < -0.3 is 33.4 Å². The lowest BCUT2D eigenvalue weighted by Gasteiger charge is -2.26. The molecule has 1 aromatic heterocycles. The minimum atomic E-state index is -0.948. The van der Waals surface area contributed by atoms with Crippen molar-refractivity contribution in [3.63, 3.8) is 0 Å². The van der Waals surface area contributed by atoms with Crippen LogP contribution in [-0.4, -0.2) is 50.1 Å². The van der Waals surface area contributed by atoms with Gasteiger partial charge in [-0.1, -0.05) is 0 Å². The van der Waals surface area contributed by atoms with Crippen molar-refractivity contribution in [3.8, 4) is 23.0 Å². The number of likely N-dealkylation sites (tertiary alicyclic amines) is 1. The maximum atomic E-state index is 13.2. The van der Waals surface area contributed by atoms with Crippen molar-refractivity contribution in [2.24, 2.45) is 0 Å². The number of ether oxygens (including phenoxy) is 4. The first-order chi connectivity index (χ1) is 16.9. The highest BCUT2D eigenvalue weighted by atomic mass is 16.5. The van der Waals surface area contributed by atoms with Gasteiger partial charge in [-0.15, -0.1) is 0 Å². The van der Waals surface area contributed by atoms with Gasteiger partial charge in [-0.05, 0) is 54.1 Å². The molecule has 1 aliphatic rings. The Kier molecular flexibility index (Phi) is 6.68. The standard InChI is InChI=1S/C26H25NO8/c1-31-17-9-7-15(8-10-17)23(28)21-22(16-12-19(32-2)25(34-4)20(13-16)33-3)27(26(30)24(21)29)14-18-6-5-11-35-18/h5-13,22,28H,14H2,1-4H3. The molecule has 1 unspecified atom stereocenters. The van der Waals surface area contributed by atoms with Crippen LogP contribution in [0, 0.1) is 0 Å². The van der Waals surface area contributed by atoms with Gasteiger partial charge in [-0.3, -0.25) is 9.59 Å². The van der Waals surface area contributed by atoms with Gasteiger partial charge in [0, 0.05) is 5.56 Å². The number of nitrogens with zero attached hydrogens (tertiary/aromatic N) is 1. The average molecular weight is 479 g/mol. The second-order valence-corrected chi connectivity index (χ2v) is 7.69. The molecule has 0 aliphatic carbocycles. The molecule has 1 saturated heterocycles. The predicted octanol–water partition coefficient (Wildman–Crippen LogP) is 3.94. The summed E-state index contributed by atoms with van der Waals surface area (Å²) in [5.41, 5.74) is 0.778. The summed E-state index contributed by atoms with van der Waals surface area (Å²) in [6.07, 6.45) is 1.48. The van der Waals surface area contributed by atoms with Crippen LogP contribution in [0.3, 0.4) is 0 Å². The topological polar surface area (TPSA) is 108 Å². The van der Waals surface area contributed by atoms with E-state index in [9.17, 15) is 14.7 Å². The zero-order chi connectivity index (χ0) is 25.1. The average Bonchev–Trinajstić information content (AvgIpc) is 3.49. The van der Waals surface area contributed by atoms with Crippen LogP contribution in [0.2, 0.25) is 0 Å². The third kappa shape index (κ3) is 4.28. The number of aliphatic hydroxyl groups is 1. The van der Waals surface area contributed by atoms with Gasteiger partial charge in [0.2, 0.25) is 5.75 Å². The van der Waals surface area contributed by atoms with Crippen LogP contribution in [0.5, 0.6) is 23.0 Å². The van der Waals surface area contributed by atoms with Gasteiger partial charge in [-0.25, -0.2) is 0 Å². The third-order valence-electron chi connectivity index (χ3n) is 5.81. The Labute approximate surface area is 202 Å². The number of amides is 1. The van der Waals surface area contributed by atoms with Crippen LogP contribution >= 0.6 is 0 Å². The van der Waals surface area contributed by atoms with E-state index in [1.165, 1.54) is 39.6 Å². The third-order valence-corrected chi connectivity index (χ3v) is 5.81. The smallest absolute Gasteiger partial charge is 0.296 e. The van der Waals surface area contributed by atoms with E-state index in [2.05, 4.69) is 0 Å². The molecule has 1 N–H and O–H groups in total. The lowest BCUT2D eigenvalue weighted by molar-refractivity contribution is -0.140. The molecule has 3 aromatic rings. The molecule has 182 valence electrons. The van der Waals surface area contributed by atoms with E-state index >= 15 is 0 Å². The number of ketones is 1. The molecule has 2 heterocycles. The number of rotatable bonds is 8. The Morgan fingerprint density at radius 1 is 0.943 bits per heavy atom. The molecule has 0 bridgehead atoms. The molecular formula is C26H25NO8. The number of hydrogen-bond acceptors (Lipinski definition) is 8. The van der Waals surface area contributed by atoms with Crippen LogP contribution < -0.4 is 18.9 Å². The van der Waals surface area contributed by atoms with Gasteiger partial charge >= 0.3 is 0 Å². The molecule has 9 heteroatoms. The number of hydrogen-bond donors (Lipinski definition) is 1. The van der Waals surface area contributed by atoms with Crippen LogP contribution in [0.25, 0.3) is 5.76 Å². The molecular weight excluding hydrogens is 454 g/mol. The molecule has 4 rings (SSSR count). The van der Waals surface area contributed by atoms with Gasteiger partial charge in [0.15, 0.2) is 11.5 Å². The number of aliphatic hydroxyl groups excluding tert-OH is 1. The first-order valence-corrected chi connectivity index (χ1v) is 10.7. The molecule has 1 fully saturated rings. The fraction of sp³-hybridized carbons (Fsp3) is 0.231. The van der Waals surface area contributed by atoms with Gasteiger partial charge in [0.25, 0.3) is 11.7 Å². The van der Waals surface area contributed by atoms with E-state index in [0.29, 0.717) is 39.9 Å². The largest absolute Gasteiger partial charge is 0.507 e. The summed E-state index contributed by atoms with van der Waals surface area (Å²) in [7, 11) is 5.95. The van der Waals surface area contributed by atoms with Gasteiger partial charge in [0.05, 0.1) is 52.9 Å². The quantitative estimate of drug-likeness (QED) is 0.294. The van der Waals surface area contributed by atoms with Crippen LogP contribution in [0.4, 0.5) is 0 Å². The molecule has 0 saturated carbocycles.